The van der Waals surface area contributed by atoms with E-state index in [1.165, 1.54) is 37.7 Å². The quantitative estimate of drug-likeness (QED) is 0.574. The monoisotopic (exact) mass is 353 g/mol. The summed E-state index contributed by atoms with van der Waals surface area (Å²) in [6, 6.07) is 7.22. The molecular weight excluding hydrogens is 326 g/mol. The largest absolute Gasteiger partial charge is 0.466 e. The zero-order valence-corrected chi connectivity index (χ0v) is 15.1. The number of hydrogen-bond donors (Lipinski definition) is 1. The Balaban J connectivity index is 1.86. The average Bonchev–Trinajstić information content (AvgIpc) is 2.60. The van der Waals surface area contributed by atoms with Crippen molar-refractivity contribution >= 4 is 16.0 Å². The highest BCUT2D eigenvalue weighted by molar-refractivity contribution is 7.89. The third kappa shape index (κ3) is 5.60. The third-order valence-corrected chi connectivity index (χ3v) is 5.90. The van der Waals surface area contributed by atoms with E-state index in [0.29, 0.717) is 18.9 Å². The number of nitrogens with one attached hydrogen (secondary N) is 1. The van der Waals surface area contributed by atoms with Gasteiger partial charge in [-0.25, -0.2) is 13.1 Å². The van der Waals surface area contributed by atoms with E-state index in [0.717, 1.165) is 0 Å². The van der Waals surface area contributed by atoms with Gasteiger partial charge in [0.15, 0.2) is 0 Å². The van der Waals surface area contributed by atoms with Gasteiger partial charge in [0.05, 0.1) is 11.5 Å². The number of ether oxygens (including phenoxy) is 1. The molecule has 0 atom stereocenters. The standard InChI is InChI=1S/C18H27NO4S/c1-2-23-18(20)9-6-14-19-24(21,22)17-12-10-16(11-13-17)15-7-4-3-5-8-15/h10-13,15,19H,2-9,14H2,1H3. The molecule has 1 N–H and O–H groups in total. The molecule has 1 fully saturated rings. The molecule has 0 saturated heterocycles. The molecule has 0 unspecified atom stereocenters. The summed E-state index contributed by atoms with van der Waals surface area (Å²) >= 11 is 0. The molecule has 0 heterocycles. The van der Waals surface area contributed by atoms with E-state index in [9.17, 15) is 13.2 Å². The maximum atomic E-state index is 12.3. The van der Waals surface area contributed by atoms with Gasteiger partial charge in [0.1, 0.15) is 0 Å². The van der Waals surface area contributed by atoms with Crippen LogP contribution in [0.5, 0.6) is 0 Å². The molecule has 1 saturated carbocycles. The fourth-order valence-electron chi connectivity index (χ4n) is 3.11. The lowest BCUT2D eigenvalue weighted by Gasteiger charge is -2.22. The predicted octanol–water partition coefficient (Wildman–Crippen LogP) is 3.36. The molecule has 24 heavy (non-hydrogen) atoms. The molecule has 0 aromatic heterocycles. The molecule has 1 aliphatic rings. The predicted molar refractivity (Wildman–Crippen MR) is 93.3 cm³/mol. The van der Waals surface area contributed by atoms with Gasteiger partial charge >= 0.3 is 5.97 Å². The first-order valence-electron chi connectivity index (χ1n) is 8.78. The summed E-state index contributed by atoms with van der Waals surface area (Å²) in [4.78, 5) is 11.5. The van der Waals surface area contributed by atoms with Gasteiger partial charge < -0.3 is 4.74 Å². The Bertz CT molecular complexity index is 619. The topological polar surface area (TPSA) is 72.5 Å². The lowest BCUT2D eigenvalue weighted by Crippen LogP contribution is -2.25. The van der Waals surface area contributed by atoms with Crippen LogP contribution in [0.2, 0.25) is 0 Å². The van der Waals surface area contributed by atoms with E-state index in [-0.39, 0.29) is 23.8 Å². The molecular formula is C18H27NO4S. The van der Waals surface area contributed by atoms with Gasteiger partial charge in [-0.2, -0.15) is 0 Å². The Labute approximate surface area is 144 Å². The summed E-state index contributed by atoms with van der Waals surface area (Å²) < 4.78 is 31.9. The summed E-state index contributed by atoms with van der Waals surface area (Å²) in [5, 5.41) is 0. The number of carbonyl (C=O) groups excluding carboxylic acids is 1. The van der Waals surface area contributed by atoms with Gasteiger partial charge in [-0.05, 0) is 49.8 Å². The minimum Gasteiger partial charge on any atom is -0.466 e. The normalized spacial score (nSPS) is 16.0. The molecule has 1 aliphatic carbocycles. The minimum absolute atomic E-state index is 0.219. The number of hydrogen-bond acceptors (Lipinski definition) is 4. The van der Waals surface area contributed by atoms with E-state index < -0.39 is 10.0 Å². The van der Waals surface area contributed by atoms with E-state index in [1.807, 2.05) is 12.1 Å². The highest BCUT2D eigenvalue weighted by Gasteiger charge is 2.18. The molecule has 0 bridgehead atoms. The number of esters is 1. The van der Waals surface area contributed by atoms with Gasteiger partial charge in [-0.15, -0.1) is 0 Å². The van der Waals surface area contributed by atoms with Crippen molar-refractivity contribution < 1.29 is 17.9 Å². The molecule has 1 aromatic rings. The SMILES string of the molecule is CCOC(=O)CCCNS(=O)(=O)c1ccc(C2CCCCC2)cc1. The van der Waals surface area contributed by atoms with Crippen LogP contribution in [-0.4, -0.2) is 27.5 Å². The van der Waals surface area contributed by atoms with Crippen molar-refractivity contribution in [3.8, 4) is 0 Å². The average molecular weight is 353 g/mol. The Hall–Kier alpha value is -1.40. The summed E-state index contributed by atoms with van der Waals surface area (Å²) in [6.45, 7) is 2.32. The second-order valence-corrected chi connectivity index (χ2v) is 7.98. The van der Waals surface area contributed by atoms with E-state index in [1.54, 1.807) is 19.1 Å². The molecule has 6 heteroatoms. The van der Waals surface area contributed by atoms with Gasteiger partial charge in [-0.3, -0.25) is 4.79 Å². The Morgan fingerprint density at radius 1 is 1.17 bits per heavy atom. The van der Waals surface area contributed by atoms with Crippen molar-refractivity contribution in [1.29, 1.82) is 0 Å². The first-order chi connectivity index (χ1) is 11.5. The molecule has 134 valence electrons. The van der Waals surface area contributed by atoms with Crippen LogP contribution in [-0.2, 0) is 19.6 Å². The van der Waals surface area contributed by atoms with E-state index in [2.05, 4.69) is 4.72 Å². The van der Waals surface area contributed by atoms with Gasteiger partial charge in [0.25, 0.3) is 0 Å². The number of carbonyl (C=O) groups is 1. The van der Waals surface area contributed by atoms with Crippen LogP contribution >= 0.6 is 0 Å². The summed E-state index contributed by atoms with van der Waals surface area (Å²) in [7, 11) is -3.52. The molecule has 0 spiro atoms. The van der Waals surface area contributed by atoms with Crippen molar-refractivity contribution in [2.24, 2.45) is 0 Å². The fraction of sp³-hybridized carbons (Fsp3) is 0.611. The number of sulfonamides is 1. The number of rotatable bonds is 8. The van der Waals surface area contributed by atoms with Crippen LogP contribution in [0.4, 0.5) is 0 Å². The van der Waals surface area contributed by atoms with Crippen molar-refractivity contribution in [1.82, 2.24) is 4.72 Å². The van der Waals surface area contributed by atoms with Crippen LogP contribution in [0.15, 0.2) is 29.2 Å². The van der Waals surface area contributed by atoms with Crippen LogP contribution in [0.25, 0.3) is 0 Å². The second kappa shape index (κ2) is 9.18. The Morgan fingerprint density at radius 2 is 1.83 bits per heavy atom. The van der Waals surface area contributed by atoms with Gasteiger partial charge in [0, 0.05) is 13.0 Å². The Morgan fingerprint density at radius 3 is 2.46 bits per heavy atom. The van der Waals surface area contributed by atoms with E-state index >= 15 is 0 Å². The lowest BCUT2D eigenvalue weighted by atomic mass is 9.84. The fourth-order valence-corrected chi connectivity index (χ4v) is 4.18. The van der Waals surface area contributed by atoms with Gasteiger partial charge in [-0.1, -0.05) is 31.4 Å². The molecule has 0 aliphatic heterocycles. The van der Waals surface area contributed by atoms with Crippen LogP contribution in [0.3, 0.4) is 0 Å². The Kier molecular flexibility index (Phi) is 7.24. The zero-order chi connectivity index (χ0) is 17.4. The molecule has 2 rings (SSSR count). The van der Waals surface area contributed by atoms with Crippen molar-refractivity contribution in [3.05, 3.63) is 29.8 Å². The first-order valence-corrected chi connectivity index (χ1v) is 10.3. The summed E-state index contributed by atoms with van der Waals surface area (Å²) in [5.74, 6) is 0.265. The molecule has 0 amide bonds. The van der Waals surface area contributed by atoms with Gasteiger partial charge in [0.2, 0.25) is 10.0 Å². The minimum atomic E-state index is -3.52. The van der Waals surface area contributed by atoms with Crippen LogP contribution in [0, 0.1) is 0 Å². The van der Waals surface area contributed by atoms with Crippen LogP contribution < -0.4 is 4.72 Å². The van der Waals surface area contributed by atoms with Crippen LogP contribution in [0.1, 0.15) is 63.4 Å². The number of benzene rings is 1. The maximum Gasteiger partial charge on any atom is 0.305 e. The van der Waals surface area contributed by atoms with Crippen molar-refractivity contribution in [2.45, 2.75) is 62.7 Å². The first kappa shape index (κ1) is 18.9. The van der Waals surface area contributed by atoms with Crippen molar-refractivity contribution in [2.75, 3.05) is 13.2 Å². The second-order valence-electron chi connectivity index (χ2n) is 6.21. The molecule has 1 aromatic carbocycles. The zero-order valence-electron chi connectivity index (χ0n) is 14.3. The molecule has 0 radical (unpaired) electrons. The third-order valence-electron chi connectivity index (χ3n) is 4.42. The summed E-state index contributed by atoms with van der Waals surface area (Å²) in [5.41, 5.74) is 1.23. The van der Waals surface area contributed by atoms with Crippen molar-refractivity contribution in [3.63, 3.8) is 0 Å². The maximum absolute atomic E-state index is 12.3. The summed E-state index contributed by atoms with van der Waals surface area (Å²) in [6.07, 6.45) is 6.85. The highest BCUT2D eigenvalue weighted by Crippen LogP contribution is 2.32. The smallest absolute Gasteiger partial charge is 0.305 e. The lowest BCUT2D eigenvalue weighted by molar-refractivity contribution is -0.143. The highest BCUT2D eigenvalue weighted by atomic mass is 32.2. The molecule has 5 nitrogen and oxygen atoms in total. The van der Waals surface area contributed by atoms with E-state index in [4.69, 9.17) is 4.74 Å².